The number of nitrogens with one attached hydrogen (secondary N) is 1. The van der Waals surface area contributed by atoms with Crippen LogP contribution in [0.25, 0.3) is 0 Å². The van der Waals surface area contributed by atoms with E-state index in [2.05, 4.69) is 11.4 Å². The fourth-order valence-corrected chi connectivity index (χ4v) is 3.11. The third-order valence-electron chi connectivity index (χ3n) is 4.52. The molecule has 6 heteroatoms. The normalized spacial score (nSPS) is 13.5. The fourth-order valence-electron chi connectivity index (χ4n) is 3.11. The predicted molar refractivity (Wildman–Crippen MR) is 105 cm³/mol. The number of carbonyl (C=O) groups excluding carboxylic acids is 1. The zero-order valence-corrected chi connectivity index (χ0v) is 16.4. The Labute approximate surface area is 164 Å². The molecule has 146 valence electrons. The summed E-state index contributed by atoms with van der Waals surface area (Å²) >= 11 is 0. The summed E-state index contributed by atoms with van der Waals surface area (Å²) in [6.45, 7) is 7.20. The molecule has 0 bridgehead atoms. The Kier molecular flexibility index (Phi) is 5.55. The van der Waals surface area contributed by atoms with Crippen molar-refractivity contribution in [3.63, 3.8) is 0 Å². The maximum atomic E-state index is 13.7. The van der Waals surface area contributed by atoms with Crippen molar-refractivity contribution in [1.29, 1.82) is 5.26 Å². The van der Waals surface area contributed by atoms with E-state index in [9.17, 15) is 9.18 Å². The van der Waals surface area contributed by atoms with Gasteiger partial charge >= 0.3 is 6.09 Å². The molecule has 0 spiro atoms. The number of nitriles is 1. The first-order valence-corrected chi connectivity index (χ1v) is 9.27. The van der Waals surface area contributed by atoms with Gasteiger partial charge in [0.15, 0.2) is 0 Å². The molecule has 0 radical (unpaired) electrons. The van der Waals surface area contributed by atoms with Crippen molar-refractivity contribution in [2.75, 3.05) is 11.9 Å². The quantitative estimate of drug-likeness (QED) is 0.844. The molecule has 0 unspecified atom stereocenters. The van der Waals surface area contributed by atoms with Gasteiger partial charge in [0.25, 0.3) is 0 Å². The minimum Gasteiger partial charge on any atom is -0.444 e. The molecular weight excluding hydrogens is 357 g/mol. The van der Waals surface area contributed by atoms with Crippen molar-refractivity contribution in [3.8, 4) is 6.07 Å². The van der Waals surface area contributed by atoms with Crippen LogP contribution in [0, 0.1) is 17.1 Å². The Balaban J connectivity index is 1.63. The average molecular weight is 381 g/mol. The summed E-state index contributed by atoms with van der Waals surface area (Å²) in [4.78, 5) is 14.0. The molecule has 2 aromatic carbocycles. The van der Waals surface area contributed by atoms with Crippen LogP contribution in [0.15, 0.2) is 36.4 Å². The molecule has 0 saturated heterocycles. The van der Waals surface area contributed by atoms with E-state index in [0.717, 1.165) is 23.2 Å². The molecule has 2 aromatic rings. The number of rotatable bonds is 3. The summed E-state index contributed by atoms with van der Waals surface area (Å²) in [5, 5.41) is 12.1. The molecule has 0 atom stereocenters. The van der Waals surface area contributed by atoms with Gasteiger partial charge in [-0.05, 0) is 68.1 Å². The fraction of sp³-hybridized carbons (Fsp3) is 0.364. The molecule has 1 amide bonds. The zero-order chi connectivity index (χ0) is 20.3. The first kappa shape index (κ1) is 19.7. The number of amides is 1. The van der Waals surface area contributed by atoms with Crippen LogP contribution >= 0.6 is 0 Å². The van der Waals surface area contributed by atoms with Crippen molar-refractivity contribution >= 4 is 11.8 Å². The highest BCUT2D eigenvalue weighted by Crippen LogP contribution is 2.24. The van der Waals surface area contributed by atoms with E-state index in [1.54, 1.807) is 11.0 Å². The smallest absolute Gasteiger partial charge is 0.410 e. The summed E-state index contributed by atoms with van der Waals surface area (Å²) in [5.41, 5.74) is 3.55. The largest absolute Gasteiger partial charge is 0.444 e. The van der Waals surface area contributed by atoms with Crippen molar-refractivity contribution in [2.24, 2.45) is 0 Å². The molecular formula is C22H24FN3O2. The topological polar surface area (TPSA) is 65.4 Å². The standard InChI is InChI=1S/C22H24FN3O2/c1-22(2,3)28-21(27)26-9-8-16-11-19(7-6-18(16)14-26)25-13-15-4-5-17(12-24)20(23)10-15/h4-7,10-11,25H,8-9,13-14H2,1-3H3. The van der Waals surface area contributed by atoms with Gasteiger partial charge in [-0.2, -0.15) is 5.26 Å². The van der Waals surface area contributed by atoms with Crippen LogP contribution in [0.5, 0.6) is 0 Å². The number of nitrogens with zero attached hydrogens (tertiary/aromatic N) is 2. The lowest BCUT2D eigenvalue weighted by Gasteiger charge is -2.31. The van der Waals surface area contributed by atoms with Crippen LogP contribution in [0.4, 0.5) is 14.9 Å². The van der Waals surface area contributed by atoms with E-state index in [0.29, 0.717) is 19.6 Å². The van der Waals surface area contributed by atoms with Crippen LogP contribution < -0.4 is 5.32 Å². The molecule has 3 rings (SSSR count). The maximum absolute atomic E-state index is 13.7. The minimum atomic E-state index is -0.505. The second kappa shape index (κ2) is 7.89. The van der Waals surface area contributed by atoms with E-state index in [1.165, 1.54) is 17.7 Å². The molecule has 1 aliphatic heterocycles. The number of anilines is 1. The first-order valence-electron chi connectivity index (χ1n) is 9.27. The molecule has 1 aliphatic rings. The number of benzene rings is 2. The summed E-state index contributed by atoms with van der Waals surface area (Å²) < 4.78 is 19.2. The summed E-state index contributed by atoms with van der Waals surface area (Å²) in [7, 11) is 0. The minimum absolute atomic E-state index is 0.0482. The predicted octanol–water partition coefficient (Wildman–Crippen LogP) is 4.60. The van der Waals surface area contributed by atoms with E-state index in [-0.39, 0.29) is 11.7 Å². The molecule has 28 heavy (non-hydrogen) atoms. The van der Waals surface area contributed by atoms with E-state index in [4.69, 9.17) is 10.00 Å². The Bertz CT molecular complexity index is 928. The van der Waals surface area contributed by atoms with Crippen LogP contribution in [0.1, 0.15) is 43.0 Å². The molecule has 0 fully saturated rings. The molecule has 1 heterocycles. The van der Waals surface area contributed by atoms with Gasteiger partial charge in [0.05, 0.1) is 5.56 Å². The highest BCUT2D eigenvalue weighted by atomic mass is 19.1. The van der Waals surface area contributed by atoms with Gasteiger partial charge in [-0.1, -0.05) is 12.1 Å². The van der Waals surface area contributed by atoms with Crippen LogP contribution in [0.2, 0.25) is 0 Å². The van der Waals surface area contributed by atoms with Gasteiger partial charge in [0, 0.05) is 25.3 Å². The lowest BCUT2D eigenvalue weighted by atomic mass is 9.99. The van der Waals surface area contributed by atoms with Crippen LogP contribution in [-0.4, -0.2) is 23.1 Å². The lowest BCUT2D eigenvalue weighted by molar-refractivity contribution is 0.0224. The average Bonchev–Trinajstić information content (AvgIpc) is 2.64. The number of carbonyl (C=O) groups is 1. The highest BCUT2D eigenvalue weighted by Gasteiger charge is 2.25. The first-order chi connectivity index (χ1) is 13.2. The van der Waals surface area contributed by atoms with Crippen molar-refractivity contribution in [1.82, 2.24) is 4.90 Å². The number of fused-ring (bicyclic) bond motifs is 1. The lowest BCUT2D eigenvalue weighted by Crippen LogP contribution is -2.39. The number of halogens is 1. The maximum Gasteiger partial charge on any atom is 0.410 e. The van der Waals surface area contributed by atoms with E-state index in [1.807, 2.05) is 39.0 Å². The van der Waals surface area contributed by atoms with Gasteiger partial charge in [-0.25, -0.2) is 9.18 Å². The molecule has 0 saturated carbocycles. The monoisotopic (exact) mass is 381 g/mol. The molecule has 5 nitrogen and oxygen atoms in total. The van der Waals surface area contributed by atoms with Crippen molar-refractivity contribution < 1.29 is 13.9 Å². The van der Waals surface area contributed by atoms with Crippen molar-refractivity contribution in [3.05, 3.63) is 64.5 Å². The van der Waals surface area contributed by atoms with E-state index >= 15 is 0 Å². The molecule has 0 aliphatic carbocycles. The molecule has 0 aromatic heterocycles. The SMILES string of the molecule is CC(C)(C)OC(=O)N1CCc2cc(NCc3ccc(C#N)c(F)c3)ccc2C1. The van der Waals surface area contributed by atoms with Gasteiger partial charge in [0.1, 0.15) is 17.5 Å². The Morgan fingerprint density at radius 2 is 2.04 bits per heavy atom. The number of hydrogen-bond acceptors (Lipinski definition) is 4. The van der Waals surface area contributed by atoms with Crippen molar-refractivity contribution in [2.45, 2.75) is 45.9 Å². The van der Waals surface area contributed by atoms with Crippen LogP contribution in [-0.2, 0) is 24.2 Å². The van der Waals surface area contributed by atoms with Gasteiger partial charge in [-0.15, -0.1) is 0 Å². The van der Waals surface area contributed by atoms with Gasteiger partial charge in [-0.3, -0.25) is 0 Å². The van der Waals surface area contributed by atoms with Crippen LogP contribution in [0.3, 0.4) is 0 Å². The third kappa shape index (κ3) is 4.80. The Morgan fingerprint density at radius 3 is 2.71 bits per heavy atom. The van der Waals surface area contributed by atoms with Gasteiger partial charge < -0.3 is 15.0 Å². The molecule has 1 N–H and O–H groups in total. The Morgan fingerprint density at radius 1 is 1.25 bits per heavy atom. The summed E-state index contributed by atoms with van der Waals surface area (Å²) in [6, 6.07) is 12.5. The number of hydrogen-bond donors (Lipinski definition) is 1. The van der Waals surface area contributed by atoms with E-state index < -0.39 is 11.4 Å². The second-order valence-electron chi connectivity index (χ2n) is 7.91. The number of ether oxygens (including phenoxy) is 1. The summed E-state index contributed by atoms with van der Waals surface area (Å²) in [5.74, 6) is -0.505. The second-order valence-corrected chi connectivity index (χ2v) is 7.91. The van der Waals surface area contributed by atoms with Gasteiger partial charge in [0.2, 0.25) is 0 Å². The summed E-state index contributed by atoms with van der Waals surface area (Å²) in [6.07, 6.45) is 0.471. The highest BCUT2D eigenvalue weighted by molar-refractivity contribution is 5.69. The third-order valence-corrected chi connectivity index (χ3v) is 4.52. The Hall–Kier alpha value is -3.07. The zero-order valence-electron chi connectivity index (χ0n) is 16.4.